The Bertz CT molecular complexity index is 1740. The second-order valence-corrected chi connectivity index (χ2v) is 13.1. The molecule has 190 valence electrons. The van der Waals surface area contributed by atoms with Crippen LogP contribution >= 0.6 is 0 Å². The topological polar surface area (TPSA) is 112 Å². The average molecular weight is 535 g/mol. The number of H-pyrrole nitrogens is 1. The smallest absolute Gasteiger partial charge is 0.175 e. The third kappa shape index (κ3) is 5.03. The Morgan fingerprint density at radius 3 is 2.14 bits per heavy atom. The van der Waals surface area contributed by atoms with Gasteiger partial charge in [0.2, 0.25) is 0 Å². The van der Waals surface area contributed by atoms with Crippen molar-refractivity contribution in [1.82, 2.24) is 20.2 Å². The van der Waals surface area contributed by atoms with Gasteiger partial charge in [0.25, 0.3) is 0 Å². The van der Waals surface area contributed by atoms with Crippen LogP contribution in [0.5, 0.6) is 0 Å². The van der Waals surface area contributed by atoms with Gasteiger partial charge in [0.05, 0.1) is 27.4 Å². The van der Waals surface area contributed by atoms with E-state index in [4.69, 9.17) is 0 Å². The maximum absolute atomic E-state index is 12.0. The Kier molecular flexibility index (Phi) is 6.17. The lowest BCUT2D eigenvalue weighted by Crippen LogP contribution is -2.25. The van der Waals surface area contributed by atoms with Crippen molar-refractivity contribution in [1.29, 1.82) is 0 Å². The summed E-state index contributed by atoms with van der Waals surface area (Å²) in [7, 11) is -4.67. The lowest BCUT2D eigenvalue weighted by atomic mass is 10.1. The molecule has 5 rings (SSSR count). The molecule has 10 heteroatoms. The molecule has 0 fully saturated rings. The van der Waals surface area contributed by atoms with Crippen LogP contribution < -0.4 is 5.32 Å². The summed E-state index contributed by atoms with van der Waals surface area (Å²) in [4.78, 5) is 10.4. The molecule has 0 aliphatic carbocycles. The minimum atomic E-state index is -3.32. The number of benzene rings is 3. The molecule has 8 nitrogen and oxygen atoms in total. The van der Waals surface area contributed by atoms with E-state index in [9.17, 15) is 16.8 Å². The first-order chi connectivity index (χ1) is 17.5. The van der Waals surface area contributed by atoms with Crippen molar-refractivity contribution in [3.05, 3.63) is 96.3 Å². The molecule has 0 bridgehead atoms. The maximum atomic E-state index is 12.0. The summed E-state index contributed by atoms with van der Waals surface area (Å²) >= 11 is 0. The van der Waals surface area contributed by atoms with Gasteiger partial charge < -0.3 is 15.2 Å². The van der Waals surface area contributed by atoms with Crippen LogP contribution in [0.3, 0.4) is 0 Å². The number of aromatic amines is 1. The van der Waals surface area contributed by atoms with E-state index >= 15 is 0 Å². The summed E-state index contributed by atoms with van der Waals surface area (Å²) in [5.74, 6) is 0.579. The highest BCUT2D eigenvalue weighted by molar-refractivity contribution is 7.91. The molecule has 1 atom stereocenters. The van der Waals surface area contributed by atoms with Gasteiger partial charge in [-0.25, -0.2) is 21.8 Å². The van der Waals surface area contributed by atoms with Crippen molar-refractivity contribution >= 4 is 25.4 Å². The van der Waals surface area contributed by atoms with Crippen molar-refractivity contribution in [2.45, 2.75) is 16.0 Å². The highest BCUT2D eigenvalue weighted by Gasteiger charge is 2.26. The molecule has 2 heterocycles. The standard InChI is InChI=1S/C27H26N4O4S2/c1-31-25(17-29-27(31)21-10-6-12-23(15-21)37(3,34)35)19-8-4-7-18(13-19)24-16-28-26(30-24)20-9-5-11-22(14-20)36(2,32)33/h4-17,27,29H,1-3H3,(H,28,30). The molecule has 0 saturated heterocycles. The first-order valence-electron chi connectivity index (χ1n) is 11.5. The van der Waals surface area contributed by atoms with Crippen molar-refractivity contribution in [3.8, 4) is 22.6 Å². The Hall–Kier alpha value is -3.89. The van der Waals surface area contributed by atoms with Gasteiger partial charge in [-0.05, 0) is 35.9 Å². The van der Waals surface area contributed by atoms with Crippen LogP contribution in [-0.4, -0.2) is 51.3 Å². The Balaban J connectivity index is 1.40. The quantitative estimate of drug-likeness (QED) is 0.383. The van der Waals surface area contributed by atoms with Gasteiger partial charge in [0, 0.05) is 42.4 Å². The highest BCUT2D eigenvalue weighted by atomic mass is 32.2. The molecule has 0 saturated carbocycles. The summed E-state index contributed by atoms with van der Waals surface area (Å²) < 4.78 is 47.9. The SMILES string of the molecule is CN1C(c2cccc(-c3cnc(-c4cccc(S(C)(=O)=O)c4)[nH]3)c2)=CNC1c1cccc(S(C)(=O)=O)c1. The number of hydrogen-bond donors (Lipinski definition) is 2. The van der Waals surface area contributed by atoms with Crippen molar-refractivity contribution in [2.75, 3.05) is 19.6 Å². The molecule has 0 spiro atoms. The highest BCUT2D eigenvalue weighted by Crippen LogP contribution is 2.34. The number of hydrogen-bond acceptors (Lipinski definition) is 7. The molecule has 1 aromatic heterocycles. The molecule has 4 aromatic rings. The number of aromatic nitrogens is 2. The third-order valence-electron chi connectivity index (χ3n) is 6.33. The fourth-order valence-electron chi connectivity index (χ4n) is 4.37. The first kappa shape index (κ1) is 24.8. The summed E-state index contributed by atoms with van der Waals surface area (Å²) in [6.45, 7) is 0. The average Bonchev–Trinajstić information content (AvgIpc) is 3.51. The number of nitrogens with one attached hydrogen (secondary N) is 2. The molecule has 1 aliphatic heterocycles. The fourth-order valence-corrected chi connectivity index (χ4v) is 5.71. The molecule has 37 heavy (non-hydrogen) atoms. The lowest BCUT2D eigenvalue weighted by molar-refractivity contribution is 0.354. The van der Waals surface area contributed by atoms with E-state index in [2.05, 4.69) is 20.2 Å². The van der Waals surface area contributed by atoms with E-state index in [0.29, 0.717) is 11.4 Å². The largest absolute Gasteiger partial charge is 0.366 e. The van der Waals surface area contributed by atoms with Crippen LogP contribution in [0, 0.1) is 0 Å². The molecule has 1 unspecified atom stereocenters. The predicted molar refractivity (Wildman–Crippen MR) is 144 cm³/mol. The minimum Gasteiger partial charge on any atom is -0.366 e. The summed E-state index contributed by atoms with van der Waals surface area (Å²) in [5, 5.41) is 3.35. The second-order valence-electron chi connectivity index (χ2n) is 9.08. The van der Waals surface area contributed by atoms with Crippen LogP contribution in [0.2, 0.25) is 0 Å². The van der Waals surface area contributed by atoms with Crippen molar-refractivity contribution < 1.29 is 16.8 Å². The zero-order chi connectivity index (χ0) is 26.4. The Morgan fingerprint density at radius 2 is 1.41 bits per heavy atom. The van der Waals surface area contributed by atoms with Gasteiger partial charge in [-0.15, -0.1) is 0 Å². The maximum Gasteiger partial charge on any atom is 0.175 e. The van der Waals surface area contributed by atoms with Crippen LogP contribution in [-0.2, 0) is 19.7 Å². The molecular formula is C27H26N4O4S2. The van der Waals surface area contributed by atoms with Gasteiger partial charge in [0.15, 0.2) is 19.7 Å². The number of rotatable bonds is 6. The van der Waals surface area contributed by atoms with E-state index in [1.165, 1.54) is 12.5 Å². The molecule has 2 N–H and O–H groups in total. The Labute approximate surface area is 216 Å². The predicted octanol–water partition coefficient (Wildman–Crippen LogP) is 4.08. The van der Waals surface area contributed by atoms with Gasteiger partial charge in [-0.3, -0.25) is 0 Å². The van der Waals surface area contributed by atoms with Gasteiger partial charge in [-0.2, -0.15) is 0 Å². The van der Waals surface area contributed by atoms with Gasteiger partial charge in [0.1, 0.15) is 12.0 Å². The number of nitrogens with zero attached hydrogens (tertiary/aromatic N) is 2. The summed E-state index contributed by atoms with van der Waals surface area (Å²) in [6.07, 6.45) is 5.83. The third-order valence-corrected chi connectivity index (χ3v) is 8.55. The van der Waals surface area contributed by atoms with E-state index in [0.717, 1.165) is 28.1 Å². The molecule has 0 amide bonds. The van der Waals surface area contributed by atoms with Crippen molar-refractivity contribution in [3.63, 3.8) is 0 Å². The molecule has 0 radical (unpaired) electrons. The zero-order valence-corrected chi connectivity index (χ0v) is 22.1. The van der Waals surface area contributed by atoms with Crippen LogP contribution in [0.1, 0.15) is 17.3 Å². The number of sulfone groups is 2. The van der Waals surface area contributed by atoms with E-state index in [1.807, 2.05) is 49.6 Å². The molecule has 3 aromatic carbocycles. The molecule has 1 aliphatic rings. The van der Waals surface area contributed by atoms with Crippen molar-refractivity contribution in [2.24, 2.45) is 0 Å². The second kappa shape index (κ2) is 9.20. The van der Waals surface area contributed by atoms with Gasteiger partial charge >= 0.3 is 0 Å². The monoisotopic (exact) mass is 534 g/mol. The molecular weight excluding hydrogens is 508 g/mol. The zero-order valence-electron chi connectivity index (χ0n) is 20.5. The van der Waals surface area contributed by atoms with Crippen LogP contribution in [0.25, 0.3) is 28.3 Å². The Morgan fingerprint density at radius 1 is 0.784 bits per heavy atom. The first-order valence-corrected chi connectivity index (χ1v) is 15.2. The van der Waals surface area contributed by atoms with E-state index < -0.39 is 19.7 Å². The summed E-state index contributed by atoms with van der Waals surface area (Å²) in [6, 6.07) is 21.6. The summed E-state index contributed by atoms with van der Waals surface area (Å²) in [5.41, 5.74) is 5.19. The number of imidazole rings is 1. The van der Waals surface area contributed by atoms with Gasteiger partial charge in [-0.1, -0.05) is 42.5 Å². The fraction of sp³-hybridized carbons (Fsp3) is 0.148. The van der Waals surface area contributed by atoms with Crippen LogP contribution in [0.15, 0.2) is 95.0 Å². The van der Waals surface area contributed by atoms with E-state index in [-0.39, 0.29) is 16.0 Å². The lowest BCUT2D eigenvalue weighted by Gasteiger charge is -2.26. The normalized spacial score (nSPS) is 15.9. The van der Waals surface area contributed by atoms with E-state index in [1.54, 1.807) is 42.6 Å². The minimum absolute atomic E-state index is 0.207. The van der Waals surface area contributed by atoms with Crippen LogP contribution in [0.4, 0.5) is 0 Å².